The number of hydrogen-bond acceptors (Lipinski definition) is 5. The summed E-state index contributed by atoms with van der Waals surface area (Å²) in [5, 5.41) is 14.2. The molecule has 0 aliphatic carbocycles. The molecule has 0 saturated carbocycles. The van der Waals surface area contributed by atoms with Crippen LogP contribution in [-0.2, 0) is 13.6 Å². The zero-order chi connectivity index (χ0) is 17.8. The first-order valence-corrected chi connectivity index (χ1v) is 7.72. The van der Waals surface area contributed by atoms with Gasteiger partial charge in [0.15, 0.2) is 0 Å². The lowest BCUT2D eigenvalue weighted by Gasteiger charge is -2.09. The van der Waals surface area contributed by atoms with Gasteiger partial charge >= 0.3 is 0 Å². The van der Waals surface area contributed by atoms with E-state index in [-0.39, 0.29) is 5.69 Å². The zero-order valence-corrected chi connectivity index (χ0v) is 14.0. The second-order valence-electron chi connectivity index (χ2n) is 5.54. The molecule has 25 heavy (non-hydrogen) atoms. The fourth-order valence-corrected chi connectivity index (χ4v) is 2.55. The number of nitrogens with zero attached hydrogens (tertiary/aromatic N) is 3. The number of nitrogens with one attached hydrogen (secondary N) is 1. The summed E-state index contributed by atoms with van der Waals surface area (Å²) in [6.45, 7) is 0.614. The number of non-ortho nitro benzene ring substituents is 1. The maximum Gasteiger partial charge on any atom is 0.270 e. The third kappa shape index (κ3) is 3.60. The molecule has 0 unspecified atom stereocenters. The molecule has 0 atom stereocenters. The van der Waals surface area contributed by atoms with Gasteiger partial charge in [0.1, 0.15) is 5.75 Å². The molecule has 0 bridgehead atoms. The van der Waals surface area contributed by atoms with Crippen molar-refractivity contribution in [2.45, 2.75) is 6.54 Å². The lowest BCUT2D eigenvalue weighted by atomic mass is 10.1. The topological polar surface area (TPSA) is 82.2 Å². The van der Waals surface area contributed by atoms with Crippen molar-refractivity contribution < 1.29 is 9.66 Å². The predicted molar refractivity (Wildman–Crippen MR) is 95.6 cm³/mol. The third-order valence-electron chi connectivity index (χ3n) is 3.95. The van der Waals surface area contributed by atoms with Gasteiger partial charge in [-0.1, -0.05) is 24.3 Å². The maximum absolute atomic E-state index is 10.9. The van der Waals surface area contributed by atoms with Crippen LogP contribution in [0.3, 0.4) is 0 Å². The van der Waals surface area contributed by atoms with Gasteiger partial charge in [0, 0.05) is 31.3 Å². The van der Waals surface area contributed by atoms with Crippen LogP contribution in [-0.4, -0.2) is 21.6 Å². The Kier molecular flexibility index (Phi) is 4.65. The van der Waals surface area contributed by atoms with Crippen LogP contribution in [0.1, 0.15) is 5.56 Å². The quantitative estimate of drug-likeness (QED) is 0.548. The van der Waals surface area contributed by atoms with Crippen molar-refractivity contribution in [3.63, 3.8) is 0 Å². The Bertz CT molecular complexity index is 888. The minimum absolute atomic E-state index is 0.0615. The van der Waals surface area contributed by atoms with E-state index in [2.05, 4.69) is 10.3 Å². The number of ether oxygens (including phenoxy) is 1. The van der Waals surface area contributed by atoms with E-state index in [1.807, 2.05) is 41.9 Å². The molecule has 0 aliphatic rings. The van der Waals surface area contributed by atoms with Crippen LogP contribution in [0.2, 0.25) is 0 Å². The third-order valence-corrected chi connectivity index (χ3v) is 3.95. The summed E-state index contributed by atoms with van der Waals surface area (Å²) < 4.78 is 7.02. The average molecular weight is 338 g/mol. The Labute approximate surface area is 145 Å². The number of imidazole rings is 1. The van der Waals surface area contributed by atoms with E-state index in [1.54, 1.807) is 25.4 Å². The summed E-state index contributed by atoms with van der Waals surface area (Å²) in [6.07, 6.45) is 1.70. The number of methoxy groups -OCH3 is 1. The average Bonchev–Trinajstić information content (AvgIpc) is 3.01. The number of hydrogen-bond donors (Lipinski definition) is 1. The summed E-state index contributed by atoms with van der Waals surface area (Å²) in [5.41, 5.74) is 2.72. The van der Waals surface area contributed by atoms with E-state index in [0.717, 1.165) is 22.6 Å². The Morgan fingerprint density at radius 3 is 2.68 bits per heavy atom. The smallest absolute Gasteiger partial charge is 0.270 e. The van der Waals surface area contributed by atoms with Gasteiger partial charge in [-0.15, -0.1) is 0 Å². The van der Waals surface area contributed by atoms with Crippen molar-refractivity contribution in [1.29, 1.82) is 0 Å². The Morgan fingerprint density at radius 2 is 2.00 bits per heavy atom. The monoisotopic (exact) mass is 338 g/mol. The summed E-state index contributed by atoms with van der Waals surface area (Å²) >= 11 is 0. The highest BCUT2D eigenvalue weighted by Gasteiger charge is 2.12. The summed E-state index contributed by atoms with van der Waals surface area (Å²) in [5.74, 6) is 1.51. The van der Waals surface area contributed by atoms with Crippen LogP contribution in [0.5, 0.6) is 5.75 Å². The van der Waals surface area contributed by atoms with Gasteiger partial charge in [0.2, 0.25) is 5.95 Å². The van der Waals surface area contributed by atoms with Crippen molar-refractivity contribution in [3.8, 4) is 17.0 Å². The molecule has 0 spiro atoms. The van der Waals surface area contributed by atoms with E-state index in [4.69, 9.17) is 4.74 Å². The molecular weight excluding hydrogens is 320 g/mol. The Morgan fingerprint density at radius 1 is 1.24 bits per heavy atom. The van der Waals surface area contributed by atoms with Gasteiger partial charge in [-0.25, -0.2) is 4.98 Å². The number of nitro groups is 1. The zero-order valence-electron chi connectivity index (χ0n) is 14.0. The van der Waals surface area contributed by atoms with Crippen LogP contribution in [0.15, 0.2) is 54.7 Å². The first-order chi connectivity index (χ1) is 12.1. The van der Waals surface area contributed by atoms with Crippen molar-refractivity contribution in [2.24, 2.45) is 7.05 Å². The van der Waals surface area contributed by atoms with Crippen LogP contribution in [0.25, 0.3) is 11.3 Å². The predicted octanol–water partition coefficient (Wildman–Crippen LogP) is 3.62. The summed E-state index contributed by atoms with van der Waals surface area (Å²) in [7, 11) is 3.51. The van der Waals surface area contributed by atoms with Gasteiger partial charge < -0.3 is 14.6 Å². The molecule has 0 amide bonds. The maximum atomic E-state index is 10.9. The highest BCUT2D eigenvalue weighted by molar-refractivity contribution is 5.64. The van der Waals surface area contributed by atoms with E-state index < -0.39 is 4.92 Å². The second-order valence-corrected chi connectivity index (χ2v) is 5.54. The highest BCUT2D eigenvalue weighted by Crippen LogP contribution is 2.25. The van der Waals surface area contributed by atoms with Crippen LogP contribution < -0.4 is 10.1 Å². The standard InChI is InChI=1S/C18H18N4O3/c1-21-17(14-4-3-5-15(10-14)22(23)24)12-20-18(21)19-11-13-6-8-16(25-2)9-7-13/h3-10,12H,11H2,1-2H3,(H,19,20). The molecule has 3 rings (SSSR count). The lowest BCUT2D eigenvalue weighted by Crippen LogP contribution is -2.05. The molecule has 128 valence electrons. The highest BCUT2D eigenvalue weighted by atomic mass is 16.6. The molecule has 0 fully saturated rings. The number of nitro benzene ring substituents is 1. The summed E-state index contributed by atoms with van der Waals surface area (Å²) in [4.78, 5) is 14.9. The van der Waals surface area contributed by atoms with E-state index in [9.17, 15) is 10.1 Å². The molecule has 1 aromatic heterocycles. The molecule has 7 nitrogen and oxygen atoms in total. The van der Waals surface area contributed by atoms with Gasteiger partial charge in [-0.3, -0.25) is 10.1 Å². The molecule has 0 saturated heterocycles. The first kappa shape index (κ1) is 16.5. The Balaban J connectivity index is 1.76. The molecule has 7 heteroatoms. The Hall–Kier alpha value is -3.35. The fraction of sp³-hybridized carbons (Fsp3) is 0.167. The SMILES string of the molecule is COc1ccc(CNc2ncc(-c3cccc([N+](=O)[O-])c3)n2C)cc1. The molecular formula is C18H18N4O3. The van der Waals surface area contributed by atoms with Gasteiger partial charge in [-0.05, 0) is 17.7 Å². The number of anilines is 1. The van der Waals surface area contributed by atoms with Crippen molar-refractivity contribution in [1.82, 2.24) is 9.55 Å². The second kappa shape index (κ2) is 7.04. The van der Waals surface area contributed by atoms with E-state index >= 15 is 0 Å². The molecule has 1 N–H and O–H groups in total. The van der Waals surface area contributed by atoms with Gasteiger partial charge in [0.25, 0.3) is 5.69 Å². The van der Waals surface area contributed by atoms with Crippen molar-refractivity contribution >= 4 is 11.6 Å². The largest absolute Gasteiger partial charge is 0.497 e. The van der Waals surface area contributed by atoms with Crippen LogP contribution >= 0.6 is 0 Å². The van der Waals surface area contributed by atoms with E-state index in [1.165, 1.54) is 6.07 Å². The number of aromatic nitrogens is 2. The normalized spacial score (nSPS) is 10.5. The lowest BCUT2D eigenvalue weighted by molar-refractivity contribution is -0.384. The first-order valence-electron chi connectivity index (χ1n) is 7.72. The molecule has 1 heterocycles. The van der Waals surface area contributed by atoms with Gasteiger partial charge in [-0.2, -0.15) is 0 Å². The number of rotatable bonds is 6. The van der Waals surface area contributed by atoms with Crippen LogP contribution in [0.4, 0.5) is 11.6 Å². The molecule has 0 aliphatic heterocycles. The fourth-order valence-electron chi connectivity index (χ4n) is 2.55. The van der Waals surface area contributed by atoms with Crippen molar-refractivity contribution in [3.05, 3.63) is 70.4 Å². The minimum atomic E-state index is -0.400. The molecule has 0 radical (unpaired) electrons. The molecule has 3 aromatic rings. The van der Waals surface area contributed by atoms with E-state index in [0.29, 0.717) is 12.5 Å². The van der Waals surface area contributed by atoms with Crippen LogP contribution in [0, 0.1) is 10.1 Å². The van der Waals surface area contributed by atoms with Gasteiger partial charge in [0.05, 0.1) is 23.9 Å². The minimum Gasteiger partial charge on any atom is -0.497 e. The summed E-state index contributed by atoms with van der Waals surface area (Å²) in [6, 6.07) is 14.3. The number of benzene rings is 2. The molecule has 2 aromatic carbocycles. The van der Waals surface area contributed by atoms with Crippen molar-refractivity contribution in [2.75, 3.05) is 12.4 Å².